The average Bonchev–Trinajstić information content (AvgIpc) is 2.30. The van der Waals surface area contributed by atoms with Gasteiger partial charge in [0, 0.05) is 13.1 Å². The first-order valence-corrected chi connectivity index (χ1v) is 8.21. The molecule has 0 spiro atoms. The van der Waals surface area contributed by atoms with Crippen LogP contribution in [0.3, 0.4) is 0 Å². The van der Waals surface area contributed by atoms with Gasteiger partial charge in [-0.3, -0.25) is 0 Å². The van der Waals surface area contributed by atoms with Crippen molar-refractivity contribution in [1.29, 1.82) is 0 Å². The molecule has 0 aromatic heterocycles. The van der Waals surface area contributed by atoms with Gasteiger partial charge in [-0.05, 0) is 30.7 Å². The van der Waals surface area contributed by atoms with Crippen LogP contribution in [0.15, 0.2) is 0 Å². The summed E-state index contributed by atoms with van der Waals surface area (Å²) in [4.78, 5) is 2.64. The Balaban J connectivity index is 3.85. The molecule has 0 bridgehead atoms. The first kappa shape index (κ1) is 18.0. The molecule has 0 N–H and O–H groups in total. The molecular weight excluding hydrogens is 218 g/mol. The molecule has 0 saturated carbocycles. The number of unbranched alkanes of at least 4 members (excludes halogenated alkanes) is 1. The second-order valence-corrected chi connectivity index (χ2v) is 6.70. The van der Waals surface area contributed by atoms with E-state index in [4.69, 9.17) is 0 Å². The average molecular weight is 255 g/mol. The SMILES string of the molecule is CCC(CCCCC(C)C)CN(CC)CC(C)C. The van der Waals surface area contributed by atoms with Gasteiger partial charge in [-0.1, -0.05) is 67.2 Å². The lowest BCUT2D eigenvalue weighted by molar-refractivity contribution is 0.206. The fourth-order valence-electron chi connectivity index (χ4n) is 2.62. The molecule has 1 heteroatoms. The molecular formula is C17H37N. The summed E-state index contributed by atoms with van der Waals surface area (Å²) >= 11 is 0. The van der Waals surface area contributed by atoms with Crippen molar-refractivity contribution in [3.05, 3.63) is 0 Å². The van der Waals surface area contributed by atoms with Gasteiger partial charge >= 0.3 is 0 Å². The smallest absolute Gasteiger partial charge is 0.000955 e. The van der Waals surface area contributed by atoms with Gasteiger partial charge in [-0.25, -0.2) is 0 Å². The van der Waals surface area contributed by atoms with Crippen molar-refractivity contribution >= 4 is 0 Å². The van der Waals surface area contributed by atoms with Gasteiger partial charge in [-0.15, -0.1) is 0 Å². The number of nitrogens with zero attached hydrogens (tertiary/aromatic N) is 1. The molecule has 1 unspecified atom stereocenters. The van der Waals surface area contributed by atoms with Crippen molar-refractivity contribution in [3.63, 3.8) is 0 Å². The summed E-state index contributed by atoms with van der Waals surface area (Å²) in [5.41, 5.74) is 0. The molecule has 110 valence electrons. The Labute approximate surface area is 116 Å². The van der Waals surface area contributed by atoms with E-state index in [0.717, 1.165) is 17.8 Å². The Morgan fingerprint density at radius 3 is 1.83 bits per heavy atom. The Kier molecular flexibility index (Phi) is 10.8. The first-order valence-electron chi connectivity index (χ1n) is 8.21. The van der Waals surface area contributed by atoms with Crippen molar-refractivity contribution in [2.75, 3.05) is 19.6 Å². The highest BCUT2D eigenvalue weighted by Crippen LogP contribution is 2.17. The van der Waals surface area contributed by atoms with Crippen LogP contribution in [0.4, 0.5) is 0 Å². The van der Waals surface area contributed by atoms with E-state index in [-0.39, 0.29) is 0 Å². The molecule has 0 aliphatic heterocycles. The summed E-state index contributed by atoms with van der Waals surface area (Å²) in [5, 5.41) is 0. The van der Waals surface area contributed by atoms with Gasteiger partial charge in [0.05, 0.1) is 0 Å². The van der Waals surface area contributed by atoms with Gasteiger partial charge in [0.2, 0.25) is 0 Å². The summed E-state index contributed by atoms with van der Waals surface area (Å²) < 4.78 is 0. The van der Waals surface area contributed by atoms with Crippen LogP contribution in [0.25, 0.3) is 0 Å². The van der Waals surface area contributed by atoms with Gasteiger partial charge < -0.3 is 4.90 Å². The van der Waals surface area contributed by atoms with E-state index in [1.807, 2.05) is 0 Å². The van der Waals surface area contributed by atoms with Crippen LogP contribution in [0.5, 0.6) is 0 Å². The molecule has 0 saturated heterocycles. The van der Waals surface area contributed by atoms with Gasteiger partial charge in [-0.2, -0.15) is 0 Å². The van der Waals surface area contributed by atoms with Crippen LogP contribution in [0, 0.1) is 17.8 Å². The topological polar surface area (TPSA) is 3.24 Å². The standard InChI is InChI=1S/C17H37N/c1-7-17(12-10-9-11-15(3)4)14-18(8-2)13-16(5)6/h15-17H,7-14H2,1-6H3. The Bertz CT molecular complexity index is 174. The summed E-state index contributed by atoms with van der Waals surface area (Å²) in [6, 6.07) is 0. The van der Waals surface area contributed by atoms with Crippen molar-refractivity contribution < 1.29 is 0 Å². The molecule has 0 fully saturated rings. The van der Waals surface area contributed by atoms with Crippen LogP contribution >= 0.6 is 0 Å². The molecule has 0 radical (unpaired) electrons. The molecule has 18 heavy (non-hydrogen) atoms. The molecule has 0 aliphatic rings. The largest absolute Gasteiger partial charge is 0.303 e. The van der Waals surface area contributed by atoms with Crippen LogP contribution in [0.1, 0.15) is 73.6 Å². The molecule has 0 aliphatic carbocycles. The summed E-state index contributed by atoms with van der Waals surface area (Å²) in [5.74, 6) is 2.58. The summed E-state index contributed by atoms with van der Waals surface area (Å²) in [6.45, 7) is 17.8. The minimum Gasteiger partial charge on any atom is -0.303 e. The first-order chi connectivity index (χ1) is 8.49. The van der Waals surface area contributed by atoms with E-state index in [9.17, 15) is 0 Å². The third kappa shape index (κ3) is 9.94. The Morgan fingerprint density at radius 2 is 1.39 bits per heavy atom. The Hall–Kier alpha value is -0.0400. The zero-order valence-electron chi connectivity index (χ0n) is 13.8. The fourth-order valence-corrected chi connectivity index (χ4v) is 2.62. The predicted molar refractivity (Wildman–Crippen MR) is 84.0 cm³/mol. The van der Waals surface area contributed by atoms with Crippen LogP contribution in [-0.4, -0.2) is 24.5 Å². The van der Waals surface area contributed by atoms with E-state index >= 15 is 0 Å². The second-order valence-electron chi connectivity index (χ2n) is 6.70. The zero-order chi connectivity index (χ0) is 14.0. The minimum atomic E-state index is 0.795. The molecule has 1 atom stereocenters. The maximum atomic E-state index is 2.64. The molecule has 0 aromatic carbocycles. The molecule has 0 rings (SSSR count). The van der Waals surface area contributed by atoms with Gasteiger partial charge in [0.25, 0.3) is 0 Å². The number of hydrogen-bond acceptors (Lipinski definition) is 1. The van der Waals surface area contributed by atoms with E-state index in [1.165, 1.54) is 51.7 Å². The van der Waals surface area contributed by atoms with E-state index in [2.05, 4.69) is 46.4 Å². The highest BCUT2D eigenvalue weighted by atomic mass is 15.1. The third-order valence-electron chi connectivity index (χ3n) is 3.81. The second kappa shape index (κ2) is 10.8. The Morgan fingerprint density at radius 1 is 0.778 bits per heavy atom. The van der Waals surface area contributed by atoms with Crippen molar-refractivity contribution in [2.24, 2.45) is 17.8 Å². The normalized spacial score (nSPS) is 13.8. The molecule has 0 amide bonds. The molecule has 0 aromatic rings. The van der Waals surface area contributed by atoms with Crippen LogP contribution < -0.4 is 0 Å². The van der Waals surface area contributed by atoms with Crippen LogP contribution in [0.2, 0.25) is 0 Å². The van der Waals surface area contributed by atoms with Gasteiger partial charge in [0.1, 0.15) is 0 Å². The lowest BCUT2D eigenvalue weighted by Crippen LogP contribution is -2.32. The predicted octanol–water partition coefficient (Wildman–Crippen LogP) is 5.21. The lowest BCUT2D eigenvalue weighted by Gasteiger charge is -2.27. The lowest BCUT2D eigenvalue weighted by atomic mass is 9.96. The van der Waals surface area contributed by atoms with Crippen molar-refractivity contribution in [2.45, 2.75) is 73.6 Å². The van der Waals surface area contributed by atoms with Crippen molar-refractivity contribution in [1.82, 2.24) is 4.90 Å². The number of rotatable bonds is 11. The fraction of sp³-hybridized carbons (Fsp3) is 1.00. The summed E-state index contributed by atoms with van der Waals surface area (Å²) in [6.07, 6.45) is 7.02. The highest BCUT2D eigenvalue weighted by molar-refractivity contribution is 4.66. The number of hydrogen-bond donors (Lipinski definition) is 0. The molecule has 1 nitrogen and oxygen atoms in total. The molecule has 0 heterocycles. The van der Waals surface area contributed by atoms with Gasteiger partial charge in [0.15, 0.2) is 0 Å². The van der Waals surface area contributed by atoms with E-state index in [1.54, 1.807) is 0 Å². The maximum absolute atomic E-state index is 2.64. The minimum absolute atomic E-state index is 0.795. The monoisotopic (exact) mass is 255 g/mol. The third-order valence-corrected chi connectivity index (χ3v) is 3.81. The highest BCUT2D eigenvalue weighted by Gasteiger charge is 2.12. The van der Waals surface area contributed by atoms with E-state index < -0.39 is 0 Å². The summed E-state index contributed by atoms with van der Waals surface area (Å²) in [7, 11) is 0. The van der Waals surface area contributed by atoms with E-state index in [0.29, 0.717) is 0 Å². The quantitative estimate of drug-likeness (QED) is 0.458. The maximum Gasteiger partial charge on any atom is 0.000955 e. The van der Waals surface area contributed by atoms with Crippen LogP contribution in [-0.2, 0) is 0 Å². The van der Waals surface area contributed by atoms with Crippen molar-refractivity contribution in [3.8, 4) is 0 Å². The zero-order valence-corrected chi connectivity index (χ0v) is 13.8.